The number of aryl methyl sites for hydroxylation is 2. The van der Waals surface area contributed by atoms with Crippen molar-refractivity contribution >= 4 is 46.1 Å². The third-order valence-electron chi connectivity index (χ3n) is 6.97. The molecule has 1 saturated heterocycles. The quantitative estimate of drug-likeness (QED) is 0.440. The van der Waals surface area contributed by atoms with Gasteiger partial charge in [0.05, 0.1) is 19.0 Å². The highest BCUT2D eigenvalue weighted by Crippen LogP contribution is 2.48. The second-order valence-corrected chi connectivity index (χ2v) is 9.37. The highest BCUT2D eigenvalue weighted by molar-refractivity contribution is 7.81. The number of carbonyl (C=O) groups is 1. The van der Waals surface area contributed by atoms with E-state index in [4.69, 9.17) is 18.8 Å². The van der Waals surface area contributed by atoms with Gasteiger partial charge in [0.25, 0.3) is 5.91 Å². The third kappa shape index (κ3) is 3.97. The first-order valence-corrected chi connectivity index (χ1v) is 12.0. The van der Waals surface area contributed by atoms with Gasteiger partial charge in [-0.05, 0) is 86.6 Å². The standard InChI is InChI=1S/C26H27N5OS.CH4/c1-18-17-21(11-12-22(18)27-2)30-24(32)26(13-4-14-26)31(25(30)33)20-9-7-19(8-10-20)5-3-6-23-28-15-16-29-23;/h7-12,17H,3-6,13-16H2,1H3,(H,28,29);1H4. The highest BCUT2D eigenvalue weighted by Gasteiger charge is 2.59. The van der Waals surface area contributed by atoms with Crippen molar-refractivity contribution in [1.29, 1.82) is 0 Å². The highest BCUT2D eigenvalue weighted by atomic mass is 32.1. The van der Waals surface area contributed by atoms with Crippen molar-refractivity contribution in [3.8, 4) is 0 Å². The molecule has 1 N–H and O–H groups in total. The van der Waals surface area contributed by atoms with Crippen molar-refractivity contribution in [2.75, 3.05) is 22.9 Å². The number of carbonyl (C=O) groups excluding carboxylic acids is 1. The third-order valence-corrected chi connectivity index (χ3v) is 7.33. The number of hydrogen-bond acceptors (Lipinski definition) is 4. The van der Waals surface area contributed by atoms with E-state index in [-0.39, 0.29) is 13.3 Å². The van der Waals surface area contributed by atoms with E-state index < -0.39 is 5.54 Å². The summed E-state index contributed by atoms with van der Waals surface area (Å²) in [7, 11) is 0. The van der Waals surface area contributed by atoms with Crippen LogP contribution >= 0.6 is 12.2 Å². The lowest BCUT2D eigenvalue weighted by molar-refractivity contribution is -0.123. The van der Waals surface area contributed by atoms with Crippen LogP contribution < -0.4 is 15.1 Å². The van der Waals surface area contributed by atoms with Crippen LogP contribution in [0.3, 0.4) is 0 Å². The number of aliphatic imine (C=N–C) groups is 1. The molecule has 2 aromatic carbocycles. The zero-order valence-corrected chi connectivity index (χ0v) is 19.6. The molecule has 176 valence electrons. The molecule has 1 amide bonds. The van der Waals surface area contributed by atoms with Crippen molar-refractivity contribution in [3.63, 3.8) is 0 Å². The summed E-state index contributed by atoms with van der Waals surface area (Å²) in [5, 5.41) is 3.85. The van der Waals surface area contributed by atoms with E-state index in [1.165, 1.54) is 5.56 Å². The number of rotatable bonds is 6. The minimum Gasteiger partial charge on any atom is -0.372 e. The molecule has 0 radical (unpaired) electrons. The number of hydrogen-bond donors (Lipinski definition) is 1. The van der Waals surface area contributed by atoms with Crippen LogP contribution in [-0.2, 0) is 11.2 Å². The molecule has 1 saturated carbocycles. The van der Waals surface area contributed by atoms with Crippen LogP contribution in [0.4, 0.5) is 17.1 Å². The molecule has 2 fully saturated rings. The van der Waals surface area contributed by atoms with Gasteiger partial charge in [-0.2, -0.15) is 0 Å². The Morgan fingerprint density at radius 2 is 1.88 bits per heavy atom. The van der Waals surface area contributed by atoms with E-state index in [0.29, 0.717) is 10.8 Å². The Hall–Kier alpha value is -3.24. The van der Waals surface area contributed by atoms with Gasteiger partial charge in [-0.3, -0.25) is 14.7 Å². The van der Waals surface area contributed by atoms with Gasteiger partial charge in [-0.25, -0.2) is 4.85 Å². The van der Waals surface area contributed by atoms with E-state index in [0.717, 1.165) is 74.4 Å². The Morgan fingerprint density at radius 1 is 1.15 bits per heavy atom. The van der Waals surface area contributed by atoms with Crippen molar-refractivity contribution in [1.82, 2.24) is 5.32 Å². The predicted molar refractivity (Wildman–Crippen MR) is 143 cm³/mol. The first kappa shape index (κ1) is 23.9. The second-order valence-electron chi connectivity index (χ2n) is 9.00. The molecule has 0 aromatic heterocycles. The van der Waals surface area contributed by atoms with Crippen LogP contribution in [0, 0.1) is 13.5 Å². The molecular formula is C27H31N5OS. The van der Waals surface area contributed by atoms with Gasteiger partial charge in [0, 0.05) is 24.3 Å². The number of anilines is 2. The minimum atomic E-state index is -0.586. The summed E-state index contributed by atoms with van der Waals surface area (Å²) >= 11 is 5.87. The van der Waals surface area contributed by atoms with Crippen molar-refractivity contribution in [2.24, 2.45) is 4.99 Å². The van der Waals surface area contributed by atoms with Crippen LogP contribution in [0.15, 0.2) is 47.5 Å². The van der Waals surface area contributed by atoms with Crippen LogP contribution in [0.1, 0.15) is 50.7 Å². The maximum atomic E-state index is 13.6. The van der Waals surface area contributed by atoms with Gasteiger partial charge in [-0.1, -0.05) is 25.6 Å². The zero-order chi connectivity index (χ0) is 23.0. The fourth-order valence-corrected chi connectivity index (χ4v) is 5.47. The molecule has 0 unspecified atom stereocenters. The molecule has 0 bridgehead atoms. The lowest BCUT2D eigenvalue weighted by atomic mass is 9.75. The average molecular weight is 474 g/mol. The summed E-state index contributed by atoms with van der Waals surface area (Å²) in [6.07, 6.45) is 5.66. The first-order valence-electron chi connectivity index (χ1n) is 11.6. The molecule has 0 atom stereocenters. The van der Waals surface area contributed by atoms with E-state index in [1.54, 1.807) is 11.0 Å². The van der Waals surface area contributed by atoms with Gasteiger partial charge in [-0.15, -0.1) is 0 Å². The van der Waals surface area contributed by atoms with Crippen molar-refractivity contribution in [2.45, 2.75) is 58.4 Å². The van der Waals surface area contributed by atoms with E-state index in [9.17, 15) is 4.79 Å². The van der Waals surface area contributed by atoms with Gasteiger partial charge >= 0.3 is 0 Å². The van der Waals surface area contributed by atoms with Crippen LogP contribution in [0.25, 0.3) is 4.85 Å². The van der Waals surface area contributed by atoms with E-state index in [1.807, 2.05) is 19.1 Å². The molecule has 2 aliphatic heterocycles. The predicted octanol–water partition coefficient (Wildman–Crippen LogP) is 5.57. The molecule has 2 heterocycles. The van der Waals surface area contributed by atoms with Gasteiger partial charge in [0.15, 0.2) is 10.8 Å². The Kier molecular flexibility index (Phi) is 6.72. The average Bonchev–Trinajstić information content (AvgIpc) is 3.38. The number of amidine groups is 1. The molecule has 3 aliphatic rings. The molecule has 1 spiro atoms. The summed E-state index contributed by atoms with van der Waals surface area (Å²) < 4.78 is 0. The first-order chi connectivity index (χ1) is 16.0. The Labute approximate surface area is 207 Å². The fraction of sp³-hybridized carbons (Fsp3) is 0.407. The normalized spacial score (nSPS) is 18.3. The van der Waals surface area contributed by atoms with Gasteiger partial charge < -0.3 is 10.2 Å². The number of nitrogens with one attached hydrogen (secondary N) is 1. The topological polar surface area (TPSA) is 52.3 Å². The SMILES string of the molecule is C.[C-]#[N+]c1ccc(N2C(=O)C3(CCC3)N(c3ccc(CCCC4=NCCN4)cc3)C2=S)cc1C. The molecule has 6 nitrogen and oxygen atoms in total. The lowest BCUT2D eigenvalue weighted by Gasteiger charge is -2.43. The maximum Gasteiger partial charge on any atom is 0.259 e. The number of thiocarbonyl (C=S) groups is 1. The number of benzene rings is 2. The summed E-state index contributed by atoms with van der Waals surface area (Å²) in [4.78, 5) is 25.4. The van der Waals surface area contributed by atoms with Crippen molar-refractivity contribution in [3.05, 3.63) is 65.0 Å². The van der Waals surface area contributed by atoms with Gasteiger partial charge in [0.1, 0.15) is 5.54 Å². The summed E-state index contributed by atoms with van der Waals surface area (Å²) in [5.74, 6) is 1.17. The summed E-state index contributed by atoms with van der Waals surface area (Å²) in [6, 6.07) is 14.0. The Bertz CT molecular complexity index is 1180. The van der Waals surface area contributed by atoms with Crippen molar-refractivity contribution < 1.29 is 4.79 Å². The number of amides is 1. The molecular weight excluding hydrogens is 442 g/mol. The summed E-state index contributed by atoms with van der Waals surface area (Å²) in [6.45, 7) is 11.0. The fourth-order valence-electron chi connectivity index (χ4n) is 5.00. The molecule has 34 heavy (non-hydrogen) atoms. The lowest BCUT2D eigenvalue weighted by Crippen LogP contribution is -2.55. The van der Waals surface area contributed by atoms with Gasteiger partial charge in [0.2, 0.25) is 0 Å². The zero-order valence-electron chi connectivity index (χ0n) is 18.8. The van der Waals surface area contributed by atoms with Crippen LogP contribution in [-0.4, -0.2) is 35.5 Å². The maximum absolute atomic E-state index is 13.6. The molecule has 1 aliphatic carbocycles. The smallest absolute Gasteiger partial charge is 0.259 e. The molecule has 7 heteroatoms. The van der Waals surface area contributed by atoms with E-state index >= 15 is 0 Å². The largest absolute Gasteiger partial charge is 0.372 e. The monoisotopic (exact) mass is 473 g/mol. The Balaban J connectivity index is 0.00000274. The number of nitrogens with zero attached hydrogens (tertiary/aromatic N) is 4. The van der Waals surface area contributed by atoms with Crippen LogP contribution in [0.5, 0.6) is 0 Å². The molecule has 2 aromatic rings. The molecule has 5 rings (SSSR count). The minimum absolute atomic E-state index is 0. The van der Waals surface area contributed by atoms with Crippen LogP contribution in [0.2, 0.25) is 0 Å². The summed E-state index contributed by atoms with van der Waals surface area (Å²) in [5.41, 5.74) is 3.84. The second kappa shape index (κ2) is 9.55. The Morgan fingerprint density at radius 3 is 2.47 bits per heavy atom. The van der Waals surface area contributed by atoms with E-state index in [2.05, 4.69) is 44.3 Å².